The topological polar surface area (TPSA) is 64.6 Å². The van der Waals surface area contributed by atoms with E-state index >= 15 is 0 Å². The van der Waals surface area contributed by atoms with Crippen LogP contribution in [-0.4, -0.2) is 37.3 Å². The molecular weight excluding hydrogens is 531 g/mol. The highest BCUT2D eigenvalue weighted by Gasteiger charge is 2.65. The second-order valence-corrected chi connectivity index (χ2v) is 10.1. The first-order valence-corrected chi connectivity index (χ1v) is 14.5. The van der Waals surface area contributed by atoms with Gasteiger partial charge in [0.15, 0.2) is 0 Å². The van der Waals surface area contributed by atoms with Gasteiger partial charge in [0.1, 0.15) is 6.10 Å². The Bertz CT molecular complexity index is 1030. The molecule has 0 radical (unpaired) electrons. The number of ether oxygens (including phenoxy) is 2. The van der Waals surface area contributed by atoms with Gasteiger partial charge >= 0.3 is 12.1 Å². The van der Waals surface area contributed by atoms with Crippen LogP contribution in [0.4, 0.5) is 13.2 Å². The van der Waals surface area contributed by atoms with Crippen molar-refractivity contribution in [2.24, 2.45) is 0 Å². The van der Waals surface area contributed by atoms with Crippen LogP contribution >= 0.6 is 0 Å². The average molecular weight is 576 g/mol. The standard InChI is InChI=1S/C33H44F3NO4/c1-3-4-5-6-7-8-9-10-11-12-13-14-15-16-17-18-22-25-30(38)37-28-26-29(28)41-31(39)32(40-2,33(34,35)36)27-23-20-19-21-24-27/h7-8,10-11,13-14,16-17,19-21,23-24,28-29H,3-6,9,12,15,18,22,25-26H2,1-2H3,(H,37,38)/b8-7-,11-10-,14-13-,17-16-/t28-,29+,32-/m1/s1. The number of carbonyl (C=O) groups excluding carboxylic acids is 2. The number of amides is 1. The molecule has 8 heteroatoms. The zero-order valence-electron chi connectivity index (χ0n) is 24.2. The van der Waals surface area contributed by atoms with Gasteiger partial charge in [0.25, 0.3) is 5.60 Å². The summed E-state index contributed by atoms with van der Waals surface area (Å²) in [6.07, 6.45) is 20.9. The molecule has 1 aliphatic carbocycles. The zero-order valence-corrected chi connectivity index (χ0v) is 24.2. The Kier molecular flexibility index (Phi) is 15.2. The zero-order chi connectivity index (χ0) is 30.0. The van der Waals surface area contributed by atoms with E-state index in [0.717, 1.165) is 39.2 Å². The largest absolute Gasteiger partial charge is 0.457 e. The SMILES string of the molecule is CCCCC/C=C\C/C=C\C/C=C\C/C=C\CCCC(=O)N[C@@H]1C[C@@H]1OC(=O)[C@](OC)(c1ccccc1)C(F)(F)F. The van der Waals surface area contributed by atoms with Crippen LogP contribution in [0.5, 0.6) is 0 Å². The van der Waals surface area contributed by atoms with Gasteiger partial charge in [-0.05, 0) is 44.9 Å². The van der Waals surface area contributed by atoms with Gasteiger partial charge in [0, 0.05) is 25.5 Å². The fourth-order valence-corrected chi connectivity index (χ4v) is 4.28. The molecule has 0 spiro atoms. The molecule has 1 N–H and O–H groups in total. The molecule has 1 aliphatic rings. The molecule has 1 aromatic carbocycles. The maximum atomic E-state index is 14.0. The molecule has 5 nitrogen and oxygen atoms in total. The van der Waals surface area contributed by atoms with E-state index in [9.17, 15) is 22.8 Å². The number of hydrogen-bond acceptors (Lipinski definition) is 4. The first-order valence-electron chi connectivity index (χ1n) is 14.5. The van der Waals surface area contributed by atoms with Crippen LogP contribution in [0.3, 0.4) is 0 Å². The molecule has 226 valence electrons. The van der Waals surface area contributed by atoms with E-state index in [1.54, 1.807) is 6.07 Å². The highest BCUT2D eigenvalue weighted by molar-refractivity contribution is 5.83. The summed E-state index contributed by atoms with van der Waals surface area (Å²) in [5, 5.41) is 2.73. The molecule has 1 fully saturated rings. The van der Waals surface area contributed by atoms with Crippen molar-refractivity contribution in [3.63, 3.8) is 0 Å². The number of alkyl halides is 3. The van der Waals surface area contributed by atoms with Gasteiger partial charge in [-0.25, -0.2) is 4.79 Å². The lowest BCUT2D eigenvalue weighted by Gasteiger charge is -2.32. The Morgan fingerprint density at radius 1 is 0.878 bits per heavy atom. The average Bonchev–Trinajstić information content (AvgIpc) is 3.67. The van der Waals surface area contributed by atoms with Gasteiger partial charge in [-0.15, -0.1) is 0 Å². The summed E-state index contributed by atoms with van der Waals surface area (Å²) in [5.41, 5.74) is -3.59. The summed E-state index contributed by atoms with van der Waals surface area (Å²) >= 11 is 0. The van der Waals surface area contributed by atoms with Crippen LogP contribution in [0.25, 0.3) is 0 Å². The fourth-order valence-electron chi connectivity index (χ4n) is 4.28. The molecule has 0 saturated heterocycles. The second kappa shape index (κ2) is 18.3. The van der Waals surface area contributed by atoms with E-state index in [2.05, 4.69) is 54.8 Å². The van der Waals surface area contributed by atoms with Crippen LogP contribution < -0.4 is 5.32 Å². The van der Waals surface area contributed by atoms with Crippen LogP contribution in [0, 0.1) is 0 Å². The number of unbranched alkanes of at least 4 members (excludes halogenated alkanes) is 4. The third-order valence-electron chi connectivity index (χ3n) is 6.74. The molecule has 3 atom stereocenters. The lowest BCUT2D eigenvalue weighted by Crippen LogP contribution is -2.52. The molecule has 0 aliphatic heterocycles. The van der Waals surface area contributed by atoms with Crippen molar-refractivity contribution in [1.82, 2.24) is 5.32 Å². The lowest BCUT2D eigenvalue weighted by molar-refractivity contribution is -0.277. The normalized spacial score (nSPS) is 18.9. The van der Waals surface area contributed by atoms with Gasteiger partial charge in [0.2, 0.25) is 5.91 Å². The van der Waals surface area contributed by atoms with Crippen LogP contribution in [0.2, 0.25) is 0 Å². The van der Waals surface area contributed by atoms with Gasteiger partial charge in [-0.3, -0.25) is 4.79 Å². The monoisotopic (exact) mass is 575 g/mol. The molecular formula is C33H44F3NO4. The smallest absolute Gasteiger partial charge is 0.432 e. The predicted molar refractivity (Wildman–Crippen MR) is 156 cm³/mol. The minimum Gasteiger partial charge on any atom is -0.457 e. The minimum absolute atomic E-state index is 0.221. The van der Waals surface area contributed by atoms with Crippen LogP contribution in [-0.2, 0) is 24.7 Å². The summed E-state index contributed by atoms with van der Waals surface area (Å²) in [5.74, 6) is -1.76. The number of carbonyl (C=O) groups is 2. The third kappa shape index (κ3) is 11.7. The molecule has 1 saturated carbocycles. The van der Waals surface area contributed by atoms with Gasteiger partial charge in [-0.1, -0.05) is 98.7 Å². The fraction of sp³-hybridized carbons (Fsp3) is 0.515. The Morgan fingerprint density at radius 2 is 1.44 bits per heavy atom. The van der Waals surface area contributed by atoms with E-state index < -0.39 is 29.9 Å². The highest BCUT2D eigenvalue weighted by Crippen LogP contribution is 2.44. The number of esters is 1. The maximum Gasteiger partial charge on any atom is 0.432 e. The van der Waals surface area contributed by atoms with Crippen molar-refractivity contribution in [2.45, 2.75) is 101 Å². The number of nitrogens with one attached hydrogen (secondary N) is 1. The molecule has 0 unspecified atom stereocenters. The van der Waals surface area contributed by atoms with E-state index in [-0.39, 0.29) is 24.3 Å². The van der Waals surface area contributed by atoms with Crippen molar-refractivity contribution < 1.29 is 32.2 Å². The van der Waals surface area contributed by atoms with Gasteiger partial charge in [-0.2, -0.15) is 13.2 Å². The molecule has 1 amide bonds. The Balaban J connectivity index is 1.60. The summed E-state index contributed by atoms with van der Waals surface area (Å²) in [4.78, 5) is 24.9. The number of halogens is 3. The summed E-state index contributed by atoms with van der Waals surface area (Å²) in [6.45, 7) is 2.21. The van der Waals surface area contributed by atoms with E-state index in [4.69, 9.17) is 9.47 Å². The first-order chi connectivity index (χ1) is 19.8. The number of allylic oxidation sites excluding steroid dienone is 8. The molecule has 0 heterocycles. The Morgan fingerprint density at radius 3 is 1.98 bits per heavy atom. The molecule has 1 aromatic rings. The highest BCUT2D eigenvalue weighted by atomic mass is 19.4. The second-order valence-electron chi connectivity index (χ2n) is 10.1. The van der Waals surface area contributed by atoms with Crippen molar-refractivity contribution >= 4 is 11.9 Å². The molecule has 41 heavy (non-hydrogen) atoms. The van der Waals surface area contributed by atoms with Crippen molar-refractivity contribution in [2.75, 3.05) is 7.11 Å². The first kappa shape index (κ1) is 34.1. The lowest BCUT2D eigenvalue weighted by atomic mass is 9.93. The summed E-state index contributed by atoms with van der Waals surface area (Å²) < 4.78 is 51.8. The van der Waals surface area contributed by atoms with Gasteiger partial charge in [0.05, 0.1) is 6.04 Å². The molecule has 0 aromatic heterocycles. The Hall–Kier alpha value is -3.13. The van der Waals surface area contributed by atoms with Crippen molar-refractivity contribution in [3.8, 4) is 0 Å². The maximum absolute atomic E-state index is 14.0. The quantitative estimate of drug-likeness (QED) is 0.103. The van der Waals surface area contributed by atoms with Crippen LogP contribution in [0.1, 0.15) is 83.1 Å². The number of hydrogen-bond donors (Lipinski definition) is 1. The van der Waals surface area contributed by atoms with Crippen molar-refractivity contribution in [1.29, 1.82) is 0 Å². The summed E-state index contributed by atoms with van der Waals surface area (Å²) in [7, 11) is 0.826. The van der Waals surface area contributed by atoms with E-state index in [1.165, 1.54) is 43.5 Å². The number of methoxy groups -OCH3 is 1. The number of rotatable bonds is 19. The Labute approximate surface area is 242 Å². The van der Waals surface area contributed by atoms with Crippen molar-refractivity contribution in [3.05, 3.63) is 84.5 Å². The van der Waals surface area contributed by atoms with Gasteiger partial charge < -0.3 is 14.8 Å². The predicted octanol–water partition coefficient (Wildman–Crippen LogP) is 8.04. The molecule has 0 bridgehead atoms. The van der Waals surface area contributed by atoms with E-state index in [1.807, 2.05) is 6.08 Å². The summed E-state index contributed by atoms with van der Waals surface area (Å²) in [6, 6.07) is 6.17. The van der Waals surface area contributed by atoms with E-state index in [0.29, 0.717) is 6.42 Å². The van der Waals surface area contributed by atoms with Crippen LogP contribution in [0.15, 0.2) is 78.9 Å². The minimum atomic E-state index is -5.03. The third-order valence-corrected chi connectivity index (χ3v) is 6.74. The number of benzene rings is 1. The molecule has 2 rings (SSSR count).